The van der Waals surface area contributed by atoms with Crippen molar-refractivity contribution in [3.05, 3.63) is 62.5 Å². The summed E-state index contributed by atoms with van der Waals surface area (Å²) >= 11 is 15.5. The van der Waals surface area contributed by atoms with E-state index in [2.05, 4.69) is 21.2 Å². The van der Waals surface area contributed by atoms with Gasteiger partial charge in [0.15, 0.2) is 6.10 Å². The van der Waals surface area contributed by atoms with Gasteiger partial charge in [0.05, 0.1) is 11.1 Å². The first-order chi connectivity index (χ1) is 11.1. The molecule has 0 amide bonds. The molecule has 1 aliphatic heterocycles. The van der Waals surface area contributed by atoms with E-state index in [-0.39, 0.29) is 12.2 Å². The minimum absolute atomic E-state index is 0.0764. The van der Waals surface area contributed by atoms with E-state index in [9.17, 15) is 0 Å². The molecule has 122 valence electrons. The molecule has 0 radical (unpaired) electrons. The monoisotopic (exact) mass is 415 g/mol. The standard InChI is InChI=1S/C17H16BrCl2NO2/c18-14-9-13(20)5-6-15(14)23-17(16-10-21-7-8-22-16)11-1-3-12(19)4-2-11/h1-6,9,16-17,21H,7-8,10H2/t16?,17-/m0/s1. The second-order valence-electron chi connectivity index (χ2n) is 5.28. The average Bonchev–Trinajstić information content (AvgIpc) is 2.56. The van der Waals surface area contributed by atoms with Gasteiger partial charge >= 0.3 is 0 Å². The van der Waals surface area contributed by atoms with E-state index in [1.807, 2.05) is 36.4 Å². The van der Waals surface area contributed by atoms with Crippen molar-refractivity contribution in [2.75, 3.05) is 19.7 Å². The number of halogens is 3. The van der Waals surface area contributed by atoms with Crippen molar-refractivity contribution < 1.29 is 9.47 Å². The molecule has 1 N–H and O–H groups in total. The number of rotatable bonds is 4. The summed E-state index contributed by atoms with van der Waals surface area (Å²) < 4.78 is 13.0. The summed E-state index contributed by atoms with van der Waals surface area (Å²) in [5.41, 5.74) is 1.02. The Labute approximate surface area is 154 Å². The third-order valence-corrected chi connectivity index (χ3v) is 4.75. The summed E-state index contributed by atoms with van der Waals surface area (Å²) in [5, 5.41) is 4.69. The Morgan fingerprint density at radius 3 is 2.52 bits per heavy atom. The number of ether oxygens (including phenoxy) is 2. The topological polar surface area (TPSA) is 30.5 Å². The van der Waals surface area contributed by atoms with Gasteiger partial charge in [0.2, 0.25) is 0 Å². The van der Waals surface area contributed by atoms with Crippen LogP contribution in [0.2, 0.25) is 10.0 Å². The summed E-state index contributed by atoms with van der Waals surface area (Å²) in [5.74, 6) is 0.725. The van der Waals surface area contributed by atoms with Crippen molar-refractivity contribution >= 4 is 39.1 Å². The molecule has 2 aromatic rings. The van der Waals surface area contributed by atoms with E-state index < -0.39 is 0 Å². The summed E-state index contributed by atoms with van der Waals surface area (Å²) in [4.78, 5) is 0. The smallest absolute Gasteiger partial charge is 0.151 e. The zero-order valence-electron chi connectivity index (χ0n) is 12.3. The lowest BCUT2D eigenvalue weighted by molar-refractivity contribution is -0.0434. The molecule has 23 heavy (non-hydrogen) atoms. The zero-order chi connectivity index (χ0) is 16.2. The molecule has 0 spiro atoms. The number of nitrogens with one attached hydrogen (secondary N) is 1. The van der Waals surface area contributed by atoms with E-state index >= 15 is 0 Å². The summed E-state index contributed by atoms with van der Waals surface area (Å²) in [6, 6.07) is 13.1. The molecule has 1 heterocycles. The molecule has 2 aromatic carbocycles. The Kier molecular flexibility index (Phi) is 5.83. The van der Waals surface area contributed by atoms with Gasteiger partial charge < -0.3 is 14.8 Å². The van der Waals surface area contributed by atoms with Gasteiger partial charge in [0.1, 0.15) is 11.9 Å². The molecule has 1 aliphatic rings. The molecular formula is C17H16BrCl2NO2. The van der Waals surface area contributed by atoms with Crippen LogP contribution in [-0.4, -0.2) is 25.8 Å². The van der Waals surface area contributed by atoms with Crippen molar-refractivity contribution in [2.45, 2.75) is 12.2 Å². The number of hydrogen-bond acceptors (Lipinski definition) is 3. The maximum atomic E-state index is 6.25. The van der Waals surface area contributed by atoms with Gasteiger partial charge in [-0.15, -0.1) is 0 Å². The molecule has 0 aromatic heterocycles. The van der Waals surface area contributed by atoms with E-state index in [1.165, 1.54) is 0 Å². The fourth-order valence-corrected chi connectivity index (χ4v) is 3.40. The van der Waals surface area contributed by atoms with Gasteiger partial charge in [0.25, 0.3) is 0 Å². The van der Waals surface area contributed by atoms with Crippen LogP contribution in [0.25, 0.3) is 0 Å². The van der Waals surface area contributed by atoms with Gasteiger partial charge in [-0.2, -0.15) is 0 Å². The first-order valence-corrected chi connectivity index (χ1v) is 8.88. The molecule has 3 nitrogen and oxygen atoms in total. The summed E-state index contributed by atoms with van der Waals surface area (Å²) in [6.07, 6.45) is -0.315. The summed E-state index contributed by atoms with van der Waals surface area (Å²) in [7, 11) is 0. The van der Waals surface area contributed by atoms with Crippen molar-refractivity contribution in [3.8, 4) is 5.75 Å². The van der Waals surface area contributed by atoms with Gasteiger partial charge in [-0.25, -0.2) is 0 Å². The van der Waals surface area contributed by atoms with E-state index in [0.29, 0.717) is 16.7 Å². The van der Waals surface area contributed by atoms with Crippen molar-refractivity contribution in [2.24, 2.45) is 0 Å². The predicted molar refractivity (Wildman–Crippen MR) is 96.6 cm³/mol. The third-order valence-electron chi connectivity index (χ3n) is 3.64. The van der Waals surface area contributed by atoms with E-state index in [1.54, 1.807) is 6.07 Å². The van der Waals surface area contributed by atoms with Gasteiger partial charge in [-0.05, 0) is 51.8 Å². The number of hydrogen-bond donors (Lipinski definition) is 1. The SMILES string of the molecule is Clc1ccc([C@H](Oc2ccc(Cl)cc2Br)C2CNCCO2)cc1. The predicted octanol–water partition coefficient (Wildman–Crippen LogP) is 4.86. The van der Waals surface area contributed by atoms with Crippen LogP contribution in [0.15, 0.2) is 46.9 Å². The maximum Gasteiger partial charge on any atom is 0.151 e. The highest BCUT2D eigenvalue weighted by Gasteiger charge is 2.28. The van der Waals surface area contributed by atoms with Crippen LogP contribution in [0, 0.1) is 0 Å². The number of benzene rings is 2. The minimum atomic E-state index is -0.238. The highest BCUT2D eigenvalue weighted by atomic mass is 79.9. The summed E-state index contributed by atoms with van der Waals surface area (Å²) in [6.45, 7) is 2.26. The van der Waals surface area contributed by atoms with Crippen LogP contribution in [0.1, 0.15) is 11.7 Å². The maximum absolute atomic E-state index is 6.25. The molecule has 1 saturated heterocycles. The van der Waals surface area contributed by atoms with E-state index in [0.717, 1.165) is 28.9 Å². The Balaban J connectivity index is 1.89. The molecule has 2 atom stereocenters. The molecular weight excluding hydrogens is 401 g/mol. The Morgan fingerprint density at radius 1 is 1.13 bits per heavy atom. The second-order valence-corrected chi connectivity index (χ2v) is 7.01. The highest BCUT2D eigenvalue weighted by Crippen LogP contribution is 2.34. The second kappa shape index (κ2) is 7.86. The van der Waals surface area contributed by atoms with Crippen molar-refractivity contribution in [3.63, 3.8) is 0 Å². The Hall–Kier alpha value is -0.780. The van der Waals surface area contributed by atoms with Gasteiger partial charge in [0, 0.05) is 23.1 Å². The fourth-order valence-electron chi connectivity index (χ4n) is 2.50. The Bertz CT molecular complexity index is 660. The van der Waals surface area contributed by atoms with Crippen LogP contribution in [0.4, 0.5) is 0 Å². The van der Waals surface area contributed by atoms with Crippen LogP contribution >= 0.6 is 39.1 Å². The lowest BCUT2D eigenvalue weighted by Crippen LogP contribution is -2.43. The fraction of sp³-hybridized carbons (Fsp3) is 0.294. The van der Waals surface area contributed by atoms with Crippen LogP contribution in [0.5, 0.6) is 5.75 Å². The van der Waals surface area contributed by atoms with Crippen LogP contribution in [-0.2, 0) is 4.74 Å². The number of morpholine rings is 1. The molecule has 1 fully saturated rings. The van der Waals surface area contributed by atoms with Crippen LogP contribution < -0.4 is 10.1 Å². The molecule has 0 bridgehead atoms. The molecule has 0 saturated carbocycles. The highest BCUT2D eigenvalue weighted by molar-refractivity contribution is 9.10. The molecule has 6 heteroatoms. The van der Waals surface area contributed by atoms with Crippen molar-refractivity contribution in [1.29, 1.82) is 0 Å². The molecule has 1 unspecified atom stereocenters. The Morgan fingerprint density at radius 2 is 1.87 bits per heavy atom. The molecule has 0 aliphatic carbocycles. The van der Waals surface area contributed by atoms with Gasteiger partial charge in [-0.1, -0.05) is 35.3 Å². The lowest BCUT2D eigenvalue weighted by Gasteiger charge is -2.32. The van der Waals surface area contributed by atoms with Gasteiger partial charge in [-0.3, -0.25) is 0 Å². The van der Waals surface area contributed by atoms with Crippen molar-refractivity contribution in [1.82, 2.24) is 5.32 Å². The quantitative estimate of drug-likeness (QED) is 0.771. The minimum Gasteiger partial charge on any atom is -0.482 e. The normalized spacial score (nSPS) is 19.3. The zero-order valence-corrected chi connectivity index (χ0v) is 15.4. The average molecular weight is 417 g/mol. The molecule has 3 rings (SSSR count). The first-order valence-electron chi connectivity index (χ1n) is 7.33. The largest absolute Gasteiger partial charge is 0.482 e. The lowest BCUT2D eigenvalue weighted by atomic mass is 10.0. The van der Waals surface area contributed by atoms with E-state index in [4.69, 9.17) is 32.7 Å². The van der Waals surface area contributed by atoms with Crippen LogP contribution in [0.3, 0.4) is 0 Å². The first kappa shape index (κ1) is 17.1. The third kappa shape index (κ3) is 4.40.